The molecule has 84 valence electrons. The van der Waals surface area contributed by atoms with Crippen LogP contribution in [0.25, 0.3) is 0 Å². The van der Waals surface area contributed by atoms with Crippen LogP contribution in [0.5, 0.6) is 0 Å². The number of ketones is 1. The SMILES string of the molecule is Cc1cccc(C(=O)CC(C)(C)C#N)c1N. The number of nitriles is 1. The summed E-state index contributed by atoms with van der Waals surface area (Å²) in [5.74, 6) is -0.0762. The maximum Gasteiger partial charge on any atom is 0.166 e. The molecule has 0 atom stereocenters. The number of carbonyl (C=O) groups excluding carboxylic acids is 1. The molecular formula is C13H16N2O. The van der Waals surface area contributed by atoms with Gasteiger partial charge in [-0.25, -0.2) is 0 Å². The van der Waals surface area contributed by atoms with Crippen LogP contribution in [0.2, 0.25) is 0 Å². The molecule has 0 spiro atoms. The monoisotopic (exact) mass is 216 g/mol. The van der Waals surface area contributed by atoms with E-state index in [0.29, 0.717) is 11.3 Å². The van der Waals surface area contributed by atoms with Gasteiger partial charge in [-0.1, -0.05) is 12.1 Å². The normalized spacial score (nSPS) is 10.9. The van der Waals surface area contributed by atoms with E-state index in [-0.39, 0.29) is 12.2 Å². The number of hydrogen-bond acceptors (Lipinski definition) is 3. The van der Waals surface area contributed by atoms with Crippen LogP contribution < -0.4 is 5.73 Å². The minimum atomic E-state index is -0.646. The quantitative estimate of drug-likeness (QED) is 0.624. The van der Waals surface area contributed by atoms with Gasteiger partial charge < -0.3 is 5.73 Å². The summed E-state index contributed by atoms with van der Waals surface area (Å²) >= 11 is 0. The third kappa shape index (κ3) is 2.60. The summed E-state index contributed by atoms with van der Waals surface area (Å²) in [5.41, 5.74) is 7.12. The van der Waals surface area contributed by atoms with Crippen molar-refractivity contribution in [2.24, 2.45) is 5.41 Å². The van der Waals surface area contributed by atoms with Crippen LogP contribution in [-0.4, -0.2) is 5.78 Å². The van der Waals surface area contributed by atoms with Gasteiger partial charge in [-0.2, -0.15) is 5.26 Å². The predicted molar refractivity (Wildman–Crippen MR) is 63.9 cm³/mol. The highest BCUT2D eigenvalue weighted by atomic mass is 16.1. The molecule has 0 saturated carbocycles. The van der Waals surface area contributed by atoms with Crippen molar-refractivity contribution < 1.29 is 4.79 Å². The van der Waals surface area contributed by atoms with Crippen molar-refractivity contribution in [2.75, 3.05) is 5.73 Å². The minimum Gasteiger partial charge on any atom is -0.398 e. The van der Waals surface area contributed by atoms with Gasteiger partial charge in [0.1, 0.15) is 0 Å². The second-order valence-electron chi connectivity index (χ2n) is 4.63. The average molecular weight is 216 g/mol. The molecule has 0 fully saturated rings. The van der Waals surface area contributed by atoms with Crippen LogP contribution in [0.4, 0.5) is 5.69 Å². The summed E-state index contributed by atoms with van der Waals surface area (Å²) < 4.78 is 0. The lowest BCUT2D eigenvalue weighted by Gasteiger charge is -2.15. The summed E-state index contributed by atoms with van der Waals surface area (Å²) in [6.07, 6.45) is 0.192. The van der Waals surface area contributed by atoms with Crippen LogP contribution in [0.15, 0.2) is 18.2 Å². The molecule has 0 unspecified atom stereocenters. The van der Waals surface area contributed by atoms with Gasteiger partial charge in [0, 0.05) is 17.7 Å². The third-order valence-corrected chi connectivity index (χ3v) is 2.53. The fourth-order valence-corrected chi connectivity index (χ4v) is 1.46. The summed E-state index contributed by atoms with van der Waals surface area (Å²) in [7, 11) is 0. The number of anilines is 1. The van der Waals surface area contributed by atoms with Crippen molar-refractivity contribution in [3.63, 3.8) is 0 Å². The second kappa shape index (κ2) is 4.36. The summed E-state index contributed by atoms with van der Waals surface area (Å²) in [5, 5.41) is 8.88. The number of hydrogen-bond donors (Lipinski definition) is 1. The van der Waals surface area contributed by atoms with E-state index in [1.807, 2.05) is 13.0 Å². The van der Waals surface area contributed by atoms with Crippen molar-refractivity contribution in [3.8, 4) is 6.07 Å². The molecule has 0 aliphatic heterocycles. The Morgan fingerprint density at radius 2 is 2.12 bits per heavy atom. The van der Waals surface area contributed by atoms with Crippen molar-refractivity contribution in [1.29, 1.82) is 5.26 Å². The van der Waals surface area contributed by atoms with E-state index in [2.05, 4.69) is 6.07 Å². The van der Waals surface area contributed by atoms with Gasteiger partial charge in [0.05, 0.1) is 11.5 Å². The molecule has 0 heterocycles. The number of nitrogens with zero attached hydrogens (tertiary/aromatic N) is 1. The Kier molecular flexibility index (Phi) is 3.34. The molecule has 3 heteroatoms. The van der Waals surface area contributed by atoms with Crippen molar-refractivity contribution >= 4 is 11.5 Å². The Morgan fingerprint density at radius 3 is 2.69 bits per heavy atom. The highest BCUT2D eigenvalue weighted by molar-refractivity contribution is 6.01. The Labute approximate surface area is 95.9 Å². The molecule has 1 aromatic carbocycles. The fourth-order valence-electron chi connectivity index (χ4n) is 1.46. The molecule has 0 saturated heterocycles. The van der Waals surface area contributed by atoms with Gasteiger partial charge in [-0.05, 0) is 32.4 Å². The smallest absolute Gasteiger partial charge is 0.166 e. The van der Waals surface area contributed by atoms with E-state index in [1.165, 1.54) is 0 Å². The van der Waals surface area contributed by atoms with Crippen LogP contribution in [-0.2, 0) is 0 Å². The molecule has 0 bridgehead atoms. The van der Waals surface area contributed by atoms with Crippen LogP contribution >= 0.6 is 0 Å². The van der Waals surface area contributed by atoms with Crippen molar-refractivity contribution in [1.82, 2.24) is 0 Å². The number of aryl methyl sites for hydroxylation is 1. The molecule has 16 heavy (non-hydrogen) atoms. The van der Waals surface area contributed by atoms with Crippen LogP contribution in [0, 0.1) is 23.7 Å². The lowest BCUT2D eigenvalue weighted by Crippen LogP contribution is -2.16. The summed E-state index contributed by atoms with van der Waals surface area (Å²) in [6.45, 7) is 5.36. The molecule has 1 aromatic rings. The first kappa shape index (κ1) is 12.3. The number of para-hydroxylation sites is 1. The average Bonchev–Trinajstić information content (AvgIpc) is 2.21. The van der Waals surface area contributed by atoms with Crippen LogP contribution in [0.3, 0.4) is 0 Å². The minimum absolute atomic E-state index is 0.0762. The summed E-state index contributed by atoms with van der Waals surface area (Å²) in [4.78, 5) is 12.0. The Morgan fingerprint density at radius 1 is 1.50 bits per heavy atom. The molecule has 0 aromatic heterocycles. The fraction of sp³-hybridized carbons (Fsp3) is 0.385. The number of Topliss-reactive ketones (excluding diaryl/α,β-unsaturated/α-hetero) is 1. The lowest BCUT2D eigenvalue weighted by molar-refractivity contribution is 0.0953. The summed E-state index contributed by atoms with van der Waals surface area (Å²) in [6, 6.07) is 7.49. The Balaban J connectivity index is 2.99. The molecule has 0 radical (unpaired) electrons. The number of nitrogen functional groups attached to an aromatic ring is 1. The molecule has 0 aliphatic carbocycles. The molecule has 3 nitrogen and oxygen atoms in total. The van der Waals surface area contributed by atoms with Crippen LogP contribution in [0.1, 0.15) is 36.2 Å². The molecule has 2 N–H and O–H groups in total. The standard InChI is InChI=1S/C13H16N2O/c1-9-5-4-6-10(12(9)15)11(16)7-13(2,3)8-14/h4-6H,7,15H2,1-3H3. The van der Waals surface area contributed by atoms with E-state index in [0.717, 1.165) is 5.56 Å². The van der Waals surface area contributed by atoms with Crippen molar-refractivity contribution in [3.05, 3.63) is 29.3 Å². The first-order chi connectivity index (χ1) is 7.37. The zero-order chi connectivity index (χ0) is 12.3. The molecule has 0 aliphatic rings. The van der Waals surface area contributed by atoms with E-state index in [4.69, 9.17) is 11.0 Å². The zero-order valence-corrected chi connectivity index (χ0v) is 9.87. The van der Waals surface area contributed by atoms with Gasteiger partial charge in [0.2, 0.25) is 0 Å². The highest BCUT2D eigenvalue weighted by Gasteiger charge is 2.23. The van der Waals surface area contributed by atoms with E-state index >= 15 is 0 Å². The van der Waals surface area contributed by atoms with Gasteiger partial charge in [-0.3, -0.25) is 4.79 Å². The van der Waals surface area contributed by atoms with E-state index in [1.54, 1.807) is 26.0 Å². The number of carbonyl (C=O) groups is 1. The van der Waals surface area contributed by atoms with E-state index in [9.17, 15) is 4.79 Å². The lowest BCUT2D eigenvalue weighted by atomic mass is 9.86. The molecule has 1 rings (SSSR count). The van der Waals surface area contributed by atoms with Gasteiger partial charge in [0.25, 0.3) is 0 Å². The Hall–Kier alpha value is -1.82. The first-order valence-electron chi connectivity index (χ1n) is 5.17. The molecular weight excluding hydrogens is 200 g/mol. The number of benzene rings is 1. The molecule has 0 amide bonds. The number of nitrogens with two attached hydrogens (primary N) is 1. The van der Waals surface area contributed by atoms with Gasteiger partial charge in [-0.15, -0.1) is 0 Å². The second-order valence-corrected chi connectivity index (χ2v) is 4.63. The number of rotatable bonds is 3. The highest BCUT2D eigenvalue weighted by Crippen LogP contribution is 2.25. The topological polar surface area (TPSA) is 66.9 Å². The maximum absolute atomic E-state index is 12.0. The third-order valence-electron chi connectivity index (χ3n) is 2.53. The largest absolute Gasteiger partial charge is 0.398 e. The van der Waals surface area contributed by atoms with E-state index < -0.39 is 5.41 Å². The predicted octanol–water partition coefficient (Wildman–Crippen LogP) is 2.70. The van der Waals surface area contributed by atoms with Crippen molar-refractivity contribution in [2.45, 2.75) is 27.2 Å². The first-order valence-corrected chi connectivity index (χ1v) is 5.17. The van der Waals surface area contributed by atoms with Gasteiger partial charge >= 0.3 is 0 Å². The maximum atomic E-state index is 12.0. The zero-order valence-electron chi connectivity index (χ0n) is 9.87. The Bertz CT molecular complexity index is 455. The van der Waals surface area contributed by atoms with Gasteiger partial charge in [0.15, 0.2) is 5.78 Å².